The quantitative estimate of drug-likeness (QED) is 0.650. The molecule has 0 bridgehead atoms. The first kappa shape index (κ1) is 21.2. The molecule has 0 unspecified atom stereocenters. The molecule has 0 spiro atoms. The van der Waals surface area contributed by atoms with Gasteiger partial charge in [0.15, 0.2) is 0 Å². The van der Waals surface area contributed by atoms with Gasteiger partial charge in [0.25, 0.3) is 0 Å². The van der Waals surface area contributed by atoms with Gasteiger partial charge in [-0.15, -0.1) is 0 Å². The molecule has 134 valence electrons. The number of halogens is 2. The number of aromatic carboxylic acids is 1. The van der Waals surface area contributed by atoms with Crippen LogP contribution in [0.15, 0.2) is 21.3 Å². The summed E-state index contributed by atoms with van der Waals surface area (Å²) in [6.07, 6.45) is 2.90. The van der Waals surface area contributed by atoms with Gasteiger partial charge in [-0.05, 0) is 70.7 Å². The Labute approximate surface area is 162 Å². The molecule has 8 heteroatoms. The summed E-state index contributed by atoms with van der Waals surface area (Å²) >= 11 is 6.63. The number of carboxylic acid groups (broad SMARTS) is 1. The van der Waals surface area contributed by atoms with E-state index in [9.17, 15) is 9.59 Å². The third kappa shape index (κ3) is 5.09. The smallest absolute Gasteiger partial charge is 0.339 e. The van der Waals surface area contributed by atoms with Crippen LogP contribution in [-0.4, -0.2) is 34.1 Å². The van der Waals surface area contributed by atoms with Crippen molar-refractivity contribution in [3.05, 3.63) is 55.0 Å². The standard InChI is InChI=1S/C9H10BrNO2.C8H8BrNO2/c1-5-7(9(12)13-3)4-11-6(2)8(5)10;1-4-6(8(11)12)3-10-5(2)7(4)9/h4H,1-3H3;3H,1-2H3,(H,11,12). The second-order valence-electron chi connectivity index (χ2n) is 5.19. The second kappa shape index (κ2) is 9.05. The van der Waals surface area contributed by atoms with Gasteiger partial charge in [-0.1, -0.05) is 0 Å². The first-order valence-corrected chi connectivity index (χ1v) is 8.75. The van der Waals surface area contributed by atoms with Crippen LogP contribution in [0.5, 0.6) is 0 Å². The number of esters is 1. The Kier molecular flexibility index (Phi) is 7.69. The average Bonchev–Trinajstić information content (AvgIpc) is 2.57. The van der Waals surface area contributed by atoms with Crippen molar-refractivity contribution >= 4 is 43.8 Å². The highest BCUT2D eigenvalue weighted by Gasteiger charge is 2.13. The summed E-state index contributed by atoms with van der Waals surface area (Å²) in [5.41, 5.74) is 3.99. The summed E-state index contributed by atoms with van der Waals surface area (Å²) in [4.78, 5) is 29.8. The number of carboxylic acids is 1. The van der Waals surface area contributed by atoms with E-state index in [1.165, 1.54) is 19.5 Å². The third-order valence-electron chi connectivity index (χ3n) is 3.51. The molecule has 0 aliphatic rings. The number of aromatic nitrogens is 2. The van der Waals surface area contributed by atoms with Gasteiger partial charge in [0.2, 0.25) is 0 Å². The lowest BCUT2D eigenvalue weighted by atomic mass is 10.1. The normalized spacial score (nSPS) is 9.88. The van der Waals surface area contributed by atoms with Gasteiger partial charge in [-0.3, -0.25) is 9.97 Å². The van der Waals surface area contributed by atoms with Crippen LogP contribution in [-0.2, 0) is 4.74 Å². The van der Waals surface area contributed by atoms with Crippen LogP contribution in [0.3, 0.4) is 0 Å². The van der Waals surface area contributed by atoms with Crippen LogP contribution in [0.4, 0.5) is 0 Å². The van der Waals surface area contributed by atoms with Gasteiger partial charge < -0.3 is 9.84 Å². The van der Waals surface area contributed by atoms with Crippen LogP contribution < -0.4 is 0 Å². The topological polar surface area (TPSA) is 89.4 Å². The number of hydrogen-bond acceptors (Lipinski definition) is 5. The molecular weight excluding hydrogens is 456 g/mol. The summed E-state index contributed by atoms with van der Waals surface area (Å²) in [7, 11) is 1.36. The van der Waals surface area contributed by atoms with Gasteiger partial charge >= 0.3 is 11.9 Å². The predicted molar refractivity (Wildman–Crippen MR) is 101 cm³/mol. The molecule has 2 rings (SSSR count). The zero-order valence-corrected chi connectivity index (χ0v) is 17.6. The van der Waals surface area contributed by atoms with E-state index < -0.39 is 5.97 Å². The average molecular weight is 474 g/mol. The maximum absolute atomic E-state index is 11.2. The van der Waals surface area contributed by atoms with Crippen molar-refractivity contribution in [2.24, 2.45) is 0 Å². The molecular formula is C17H18Br2N2O4. The zero-order chi connectivity index (χ0) is 19.3. The van der Waals surface area contributed by atoms with E-state index in [2.05, 4.69) is 46.6 Å². The molecule has 25 heavy (non-hydrogen) atoms. The highest BCUT2D eigenvalue weighted by molar-refractivity contribution is 9.10. The van der Waals surface area contributed by atoms with E-state index in [1.807, 2.05) is 20.8 Å². The molecule has 2 aromatic heterocycles. The minimum atomic E-state index is -0.944. The van der Waals surface area contributed by atoms with Crippen LogP contribution in [0.1, 0.15) is 43.2 Å². The van der Waals surface area contributed by atoms with Crippen molar-refractivity contribution in [1.29, 1.82) is 0 Å². The number of hydrogen-bond donors (Lipinski definition) is 1. The van der Waals surface area contributed by atoms with Crippen molar-refractivity contribution in [3.8, 4) is 0 Å². The van der Waals surface area contributed by atoms with E-state index in [0.29, 0.717) is 5.56 Å². The van der Waals surface area contributed by atoms with Crippen LogP contribution in [0.25, 0.3) is 0 Å². The monoisotopic (exact) mass is 472 g/mol. The SMILES string of the molecule is COC(=O)c1cnc(C)c(Br)c1C.Cc1ncc(C(=O)O)c(C)c1Br. The number of carbonyl (C=O) groups is 2. The first-order valence-electron chi connectivity index (χ1n) is 7.16. The van der Waals surface area contributed by atoms with Crippen LogP contribution in [0, 0.1) is 27.7 Å². The summed E-state index contributed by atoms with van der Waals surface area (Å²) in [5.74, 6) is -1.30. The lowest BCUT2D eigenvalue weighted by molar-refractivity contribution is 0.0598. The Balaban J connectivity index is 0.000000251. The molecule has 0 aliphatic heterocycles. The summed E-state index contributed by atoms with van der Waals surface area (Å²) < 4.78 is 6.24. The highest BCUT2D eigenvalue weighted by atomic mass is 79.9. The fourth-order valence-electron chi connectivity index (χ4n) is 1.94. The number of rotatable bonds is 2. The first-order chi connectivity index (χ1) is 11.6. The van der Waals surface area contributed by atoms with Gasteiger partial charge in [0, 0.05) is 21.3 Å². The molecule has 6 nitrogen and oxygen atoms in total. The number of aryl methyl sites for hydroxylation is 2. The van der Waals surface area contributed by atoms with Gasteiger partial charge in [-0.25, -0.2) is 9.59 Å². The third-order valence-corrected chi connectivity index (χ3v) is 5.85. The molecule has 0 saturated heterocycles. The van der Waals surface area contributed by atoms with E-state index in [-0.39, 0.29) is 11.5 Å². The van der Waals surface area contributed by atoms with Crippen molar-refractivity contribution in [3.63, 3.8) is 0 Å². The van der Waals surface area contributed by atoms with Crippen molar-refractivity contribution < 1.29 is 19.4 Å². The minimum Gasteiger partial charge on any atom is -0.478 e. The number of nitrogens with zero attached hydrogens (tertiary/aromatic N) is 2. The Hall–Kier alpha value is -1.80. The molecule has 0 radical (unpaired) electrons. The predicted octanol–water partition coefficient (Wildman–Crippen LogP) is 4.41. The maximum Gasteiger partial charge on any atom is 0.339 e. The molecule has 0 aromatic carbocycles. The molecule has 0 saturated carbocycles. The van der Waals surface area contributed by atoms with E-state index in [1.54, 1.807) is 6.92 Å². The number of ether oxygens (including phenoxy) is 1. The number of pyridine rings is 2. The molecule has 0 atom stereocenters. The maximum atomic E-state index is 11.2. The lowest BCUT2D eigenvalue weighted by Gasteiger charge is -2.06. The van der Waals surface area contributed by atoms with Gasteiger partial charge in [-0.2, -0.15) is 0 Å². The largest absolute Gasteiger partial charge is 0.478 e. The molecule has 2 aromatic rings. The van der Waals surface area contributed by atoms with Crippen LogP contribution >= 0.6 is 31.9 Å². The second-order valence-corrected chi connectivity index (χ2v) is 6.78. The summed E-state index contributed by atoms with van der Waals surface area (Å²) in [6.45, 7) is 7.30. The van der Waals surface area contributed by atoms with E-state index in [4.69, 9.17) is 5.11 Å². The lowest BCUT2D eigenvalue weighted by Crippen LogP contribution is -2.05. The summed E-state index contributed by atoms with van der Waals surface area (Å²) in [6, 6.07) is 0. The fraction of sp³-hybridized carbons (Fsp3) is 0.294. The van der Waals surface area contributed by atoms with Crippen LogP contribution in [0.2, 0.25) is 0 Å². The van der Waals surface area contributed by atoms with Crippen molar-refractivity contribution in [2.45, 2.75) is 27.7 Å². The van der Waals surface area contributed by atoms with E-state index in [0.717, 1.165) is 31.5 Å². The number of methoxy groups -OCH3 is 1. The Bertz CT molecular complexity index is 823. The molecule has 2 heterocycles. The number of carbonyl (C=O) groups excluding carboxylic acids is 1. The molecule has 0 aliphatic carbocycles. The fourth-order valence-corrected chi connectivity index (χ4v) is 2.57. The van der Waals surface area contributed by atoms with Gasteiger partial charge in [0.1, 0.15) is 0 Å². The Morgan fingerprint density at radius 3 is 1.72 bits per heavy atom. The Morgan fingerprint density at radius 1 is 0.920 bits per heavy atom. The summed E-state index contributed by atoms with van der Waals surface area (Å²) in [5, 5.41) is 8.72. The zero-order valence-electron chi connectivity index (χ0n) is 14.5. The van der Waals surface area contributed by atoms with E-state index >= 15 is 0 Å². The Morgan fingerprint density at radius 2 is 1.32 bits per heavy atom. The van der Waals surface area contributed by atoms with Gasteiger partial charge in [0.05, 0.1) is 29.6 Å². The van der Waals surface area contributed by atoms with Crippen molar-refractivity contribution in [1.82, 2.24) is 9.97 Å². The minimum absolute atomic E-state index is 0.243. The highest BCUT2D eigenvalue weighted by Crippen LogP contribution is 2.22. The molecule has 0 fully saturated rings. The van der Waals surface area contributed by atoms with Crippen molar-refractivity contribution in [2.75, 3.05) is 7.11 Å². The molecule has 1 N–H and O–H groups in total. The molecule has 0 amide bonds.